The van der Waals surface area contributed by atoms with Gasteiger partial charge in [-0.1, -0.05) is 17.7 Å². The Morgan fingerprint density at radius 2 is 1.84 bits per heavy atom. The number of rotatable bonds is 6. The molecule has 5 nitrogen and oxygen atoms in total. The van der Waals surface area contributed by atoms with Crippen molar-refractivity contribution in [1.82, 2.24) is 4.98 Å². The Balaban J connectivity index is 1.59. The van der Waals surface area contributed by atoms with E-state index in [4.69, 9.17) is 11.6 Å². The number of pyridine rings is 1. The van der Waals surface area contributed by atoms with E-state index < -0.39 is 5.82 Å². The number of fused-ring (bicyclic) bond motifs is 1. The lowest BCUT2D eigenvalue weighted by Gasteiger charge is -2.15. The van der Waals surface area contributed by atoms with E-state index in [0.29, 0.717) is 17.8 Å². The molecule has 0 atom stereocenters. The summed E-state index contributed by atoms with van der Waals surface area (Å²) in [6.07, 6.45) is 1.72. The first-order valence-corrected chi connectivity index (χ1v) is 10.4. The third kappa shape index (κ3) is 4.58. The van der Waals surface area contributed by atoms with Crippen LogP contribution in [-0.2, 0) is 6.54 Å². The second kappa shape index (κ2) is 9.13. The standard InChI is InChI=1S/C25H21ClFN5/c1-32(2)20-6-3-16(17(11-20)14-28)15-30-18-5-8-24-21(12-18)25(9-10-29-24)31-19-4-7-23(27)22(26)13-19/h3-13,30H,15H2,1-2H3,(H,29,31). The van der Waals surface area contributed by atoms with Crippen molar-refractivity contribution >= 4 is 45.3 Å². The van der Waals surface area contributed by atoms with E-state index >= 15 is 0 Å². The van der Waals surface area contributed by atoms with Crippen LogP contribution in [-0.4, -0.2) is 19.1 Å². The van der Waals surface area contributed by atoms with Crippen molar-refractivity contribution in [2.75, 3.05) is 29.6 Å². The highest BCUT2D eigenvalue weighted by molar-refractivity contribution is 6.31. The summed E-state index contributed by atoms with van der Waals surface area (Å²) in [7, 11) is 3.89. The van der Waals surface area contributed by atoms with Crippen molar-refractivity contribution in [2.45, 2.75) is 6.54 Å². The van der Waals surface area contributed by atoms with E-state index in [-0.39, 0.29) is 5.02 Å². The molecule has 0 unspecified atom stereocenters. The van der Waals surface area contributed by atoms with Gasteiger partial charge >= 0.3 is 0 Å². The first kappa shape index (κ1) is 21.4. The minimum Gasteiger partial charge on any atom is -0.381 e. The fraction of sp³-hybridized carbons (Fsp3) is 0.120. The van der Waals surface area contributed by atoms with E-state index in [2.05, 4.69) is 21.7 Å². The van der Waals surface area contributed by atoms with Crippen LogP contribution in [0.25, 0.3) is 10.9 Å². The zero-order valence-electron chi connectivity index (χ0n) is 17.7. The molecule has 0 radical (unpaired) electrons. The van der Waals surface area contributed by atoms with Crippen LogP contribution in [0, 0.1) is 17.1 Å². The van der Waals surface area contributed by atoms with E-state index in [1.165, 1.54) is 6.07 Å². The molecule has 0 aliphatic heterocycles. The molecule has 0 bridgehead atoms. The highest BCUT2D eigenvalue weighted by Crippen LogP contribution is 2.29. The highest BCUT2D eigenvalue weighted by Gasteiger charge is 2.08. The van der Waals surface area contributed by atoms with E-state index in [9.17, 15) is 9.65 Å². The van der Waals surface area contributed by atoms with Crippen LogP contribution in [0.3, 0.4) is 0 Å². The number of nitriles is 1. The quantitative estimate of drug-likeness (QED) is 0.363. The zero-order chi connectivity index (χ0) is 22.7. The van der Waals surface area contributed by atoms with Crippen LogP contribution in [0.15, 0.2) is 66.9 Å². The number of nitrogens with zero attached hydrogens (tertiary/aromatic N) is 3. The SMILES string of the molecule is CN(C)c1ccc(CNc2ccc3nccc(Nc4ccc(F)c(Cl)c4)c3c2)c(C#N)c1. The van der Waals surface area contributed by atoms with Crippen LogP contribution < -0.4 is 15.5 Å². The van der Waals surface area contributed by atoms with Crippen LogP contribution in [0.5, 0.6) is 0 Å². The largest absolute Gasteiger partial charge is 0.381 e. The third-order valence-corrected chi connectivity index (χ3v) is 5.44. The van der Waals surface area contributed by atoms with Gasteiger partial charge in [0.2, 0.25) is 0 Å². The molecule has 4 aromatic rings. The molecule has 7 heteroatoms. The molecule has 0 saturated carbocycles. The van der Waals surface area contributed by atoms with E-state index in [1.807, 2.05) is 61.5 Å². The summed E-state index contributed by atoms with van der Waals surface area (Å²) in [6, 6.07) is 20.4. The molecule has 1 heterocycles. The Labute approximate surface area is 191 Å². The Morgan fingerprint density at radius 3 is 2.59 bits per heavy atom. The summed E-state index contributed by atoms with van der Waals surface area (Å²) in [6.45, 7) is 0.513. The summed E-state index contributed by atoms with van der Waals surface area (Å²) < 4.78 is 13.5. The highest BCUT2D eigenvalue weighted by atomic mass is 35.5. The smallest absolute Gasteiger partial charge is 0.141 e. The zero-order valence-corrected chi connectivity index (χ0v) is 18.4. The lowest BCUT2D eigenvalue weighted by Crippen LogP contribution is -2.10. The predicted molar refractivity (Wildman–Crippen MR) is 129 cm³/mol. The first-order valence-electron chi connectivity index (χ1n) is 9.99. The van der Waals surface area contributed by atoms with Gasteiger partial charge in [0, 0.05) is 55.0 Å². The summed E-state index contributed by atoms with van der Waals surface area (Å²) in [4.78, 5) is 6.40. The van der Waals surface area contributed by atoms with Gasteiger partial charge in [0.05, 0.1) is 22.2 Å². The number of nitrogens with one attached hydrogen (secondary N) is 2. The van der Waals surface area contributed by atoms with Crippen LogP contribution in [0.4, 0.5) is 27.1 Å². The normalized spacial score (nSPS) is 10.6. The maximum atomic E-state index is 13.5. The summed E-state index contributed by atoms with van der Waals surface area (Å²) in [5, 5.41) is 17.2. The van der Waals surface area contributed by atoms with Crippen molar-refractivity contribution in [3.05, 3.63) is 88.8 Å². The predicted octanol–water partition coefficient (Wildman–Crippen LogP) is 6.32. The number of benzene rings is 3. The number of aromatic nitrogens is 1. The minimum atomic E-state index is -0.460. The average Bonchev–Trinajstić information content (AvgIpc) is 2.80. The van der Waals surface area contributed by atoms with Crippen molar-refractivity contribution in [3.63, 3.8) is 0 Å². The summed E-state index contributed by atoms with van der Waals surface area (Å²) in [5.74, 6) is -0.460. The van der Waals surface area contributed by atoms with Gasteiger partial charge in [-0.3, -0.25) is 4.98 Å². The van der Waals surface area contributed by atoms with Gasteiger partial charge in [0.25, 0.3) is 0 Å². The van der Waals surface area contributed by atoms with Gasteiger partial charge in [0.15, 0.2) is 0 Å². The van der Waals surface area contributed by atoms with Crippen molar-refractivity contribution in [2.24, 2.45) is 0 Å². The Bertz CT molecular complexity index is 1330. The molecule has 0 aliphatic rings. The van der Waals surface area contributed by atoms with E-state index in [0.717, 1.165) is 33.5 Å². The number of halogens is 2. The van der Waals surface area contributed by atoms with Crippen LogP contribution >= 0.6 is 11.6 Å². The van der Waals surface area contributed by atoms with Gasteiger partial charge in [-0.2, -0.15) is 5.26 Å². The lowest BCUT2D eigenvalue weighted by molar-refractivity contribution is 0.628. The fourth-order valence-electron chi connectivity index (χ4n) is 3.39. The molecule has 2 N–H and O–H groups in total. The second-order valence-electron chi connectivity index (χ2n) is 7.55. The molecule has 0 fully saturated rings. The second-order valence-corrected chi connectivity index (χ2v) is 7.95. The molecule has 0 saturated heterocycles. The van der Waals surface area contributed by atoms with Crippen LogP contribution in [0.2, 0.25) is 5.02 Å². The minimum absolute atomic E-state index is 0.0595. The maximum absolute atomic E-state index is 13.5. The number of hydrogen-bond acceptors (Lipinski definition) is 5. The average molecular weight is 446 g/mol. The summed E-state index contributed by atoms with van der Waals surface area (Å²) in [5.41, 5.74) is 5.77. The van der Waals surface area contributed by atoms with Gasteiger partial charge in [-0.15, -0.1) is 0 Å². The molecule has 3 aromatic carbocycles. The van der Waals surface area contributed by atoms with Gasteiger partial charge < -0.3 is 15.5 Å². The molecular weight excluding hydrogens is 425 g/mol. The Morgan fingerprint density at radius 1 is 1.03 bits per heavy atom. The van der Waals surface area contributed by atoms with Crippen LogP contribution in [0.1, 0.15) is 11.1 Å². The topological polar surface area (TPSA) is 64.0 Å². The third-order valence-electron chi connectivity index (χ3n) is 5.15. The molecular formula is C25H21ClFN5. The molecule has 32 heavy (non-hydrogen) atoms. The molecule has 160 valence electrons. The van der Waals surface area contributed by atoms with Gasteiger partial charge in [-0.05, 0) is 60.2 Å². The van der Waals surface area contributed by atoms with Gasteiger partial charge in [-0.25, -0.2) is 4.39 Å². The monoisotopic (exact) mass is 445 g/mol. The molecule has 4 rings (SSSR count). The van der Waals surface area contributed by atoms with Crippen molar-refractivity contribution < 1.29 is 4.39 Å². The van der Waals surface area contributed by atoms with Crippen molar-refractivity contribution in [3.8, 4) is 6.07 Å². The molecule has 0 aliphatic carbocycles. The maximum Gasteiger partial charge on any atom is 0.141 e. The fourth-order valence-corrected chi connectivity index (χ4v) is 3.57. The molecule has 1 aromatic heterocycles. The lowest BCUT2D eigenvalue weighted by atomic mass is 10.1. The number of hydrogen-bond donors (Lipinski definition) is 2. The van der Waals surface area contributed by atoms with Gasteiger partial charge in [0.1, 0.15) is 5.82 Å². The van der Waals surface area contributed by atoms with E-state index in [1.54, 1.807) is 18.3 Å². The summed E-state index contributed by atoms with van der Waals surface area (Å²) >= 11 is 5.91. The Hall–Kier alpha value is -3.82. The first-order chi connectivity index (χ1) is 15.4. The molecule has 0 spiro atoms. The molecule has 0 amide bonds. The van der Waals surface area contributed by atoms with Crippen molar-refractivity contribution in [1.29, 1.82) is 5.26 Å². The number of anilines is 4. The Kier molecular flexibility index (Phi) is 6.11.